The molecule has 130 valence electrons. The van der Waals surface area contributed by atoms with E-state index in [2.05, 4.69) is 22.6 Å². The highest BCUT2D eigenvalue weighted by Gasteiger charge is 2.09. The number of ether oxygens (including phenoxy) is 1. The van der Waals surface area contributed by atoms with E-state index in [9.17, 15) is 4.79 Å². The van der Waals surface area contributed by atoms with E-state index in [0.717, 1.165) is 36.5 Å². The molecule has 0 unspecified atom stereocenters. The molecule has 0 atom stereocenters. The smallest absolute Gasteiger partial charge is 0.226 e. The van der Waals surface area contributed by atoms with Crippen LogP contribution in [0.4, 0.5) is 5.13 Å². The second-order valence-electron chi connectivity index (χ2n) is 5.59. The number of aromatic nitrogens is 1. The van der Waals surface area contributed by atoms with Gasteiger partial charge in [0, 0.05) is 17.4 Å². The molecule has 6 heteroatoms. The van der Waals surface area contributed by atoms with Crippen LogP contribution in [0.5, 0.6) is 5.75 Å². The van der Waals surface area contributed by atoms with Gasteiger partial charge >= 0.3 is 0 Å². The zero-order chi connectivity index (χ0) is 17.5. The molecular formula is C19H20N2O2S2. The van der Waals surface area contributed by atoms with Gasteiger partial charge < -0.3 is 10.1 Å². The van der Waals surface area contributed by atoms with E-state index in [1.165, 1.54) is 16.9 Å². The zero-order valence-corrected chi connectivity index (χ0v) is 15.7. The van der Waals surface area contributed by atoms with Gasteiger partial charge in [0.1, 0.15) is 5.75 Å². The first-order valence-electron chi connectivity index (χ1n) is 8.24. The van der Waals surface area contributed by atoms with Crippen molar-refractivity contribution in [2.45, 2.75) is 26.2 Å². The Hall–Kier alpha value is -2.18. The summed E-state index contributed by atoms with van der Waals surface area (Å²) in [5.74, 6) is 0.859. The van der Waals surface area contributed by atoms with Gasteiger partial charge in [-0.25, -0.2) is 4.98 Å². The third-order valence-corrected chi connectivity index (χ3v) is 5.08. The predicted octanol–water partition coefficient (Wildman–Crippen LogP) is 5.23. The Morgan fingerprint density at radius 1 is 1.20 bits per heavy atom. The molecule has 0 fully saturated rings. The number of rotatable bonds is 8. The lowest BCUT2D eigenvalue weighted by Crippen LogP contribution is -2.11. The predicted molar refractivity (Wildman–Crippen MR) is 105 cm³/mol. The van der Waals surface area contributed by atoms with E-state index in [1.54, 1.807) is 11.3 Å². The van der Waals surface area contributed by atoms with Crippen LogP contribution in [0, 0.1) is 0 Å². The minimum atomic E-state index is -0.00425. The molecule has 0 aliphatic carbocycles. The van der Waals surface area contributed by atoms with Gasteiger partial charge in [0.05, 0.1) is 12.3 Å². The molecule has 2 aromatic heterocycles. The van der Waals surface area contributed by atoms with Crippen LogP contribution >= 0.6 is 22.7 Å². The molecule has 3 rings (SSSR count). The molecule has 1 N–H and O–H groups in total. The standard InChI is InChI=1S/C19H20N2O2S2/c1-2-10-23-16-6-4-15(5-7-16)17-13-25-19(20-17)21-18(22)8-3-14-9-11-24-12-14/h4-7,9,11-13H,2-3,8,10H2,1H3,(H,20,21,22). The van der Waals surface area contributed by atoms with Gasteiger partial charge in [0.15, 0.2) is 5.13 Å². The van der Waals surface area contributed by atoms with Crippen LogP contribution in [-0.4, -0.2) is 17.5 Å². The number of anilines is 1. The van der Waals surface area contributed by atoms with Crippen molar-refractivity contribution in [3.63, 3.8) is 0 Å². The van der Waals surface area contributed by atoms with Gasteiger partial charge in [0.25, 0.3) is 0 Å². The number of nitrogens with one attached hydrogen (secondary N) is 1. The van der Waals surface area contributed by atoms with Gasteiger partial charge in [-0.1, -0.05) is 6.92 Å². The van der Waals surface area contributed by atoms with E-state index >= 15 is 0 Å². The lowest BCUT2D eigenvalue weighted by molar-refractivity contribution is -0.116. The highest BCUT2D eigenvalue weighted by Crippen LogP contribution is 2.26. The Morgan fingerprint density at radius 3 is 2.76 bits per heavy atom. The molecule has 0 saturated carbocycles. The van der Waals surface area contributed by atoms with Crippen molar-refractivity contribution >= 4 is 33.7 Å². The van der Waals surface area contributed by atoms with Gasteiger partial charge in [-0.2, -0.15) is 11.3 Å². The summed E-state index contributed by atoms with van der Waals surface area (Å²) in [7, 11) is 0. The molecule has 0 aliphatic rings. The lowest BCUT2D eigenvalue weighted by atomic mass is 10.2. The van der Waals surface area contributed by atoms with Crippen LogP contribution in [0.25, 0.3) is 11.3 Å². The summed E-state index contributed by atoms with van der Waals surface area (Å²) < 4.78 is 5.59. The van der Waals surface area contributed by atoms with E-state index in [1.807, 2.05) is 41.1 Å². The first-order valence-corrected chi connectivity index (χ1v) is 10.1. The molecule has 0 radical (unpaired) electrons. The minimum Gasteiger partial charge on any atom is -0.494 e. The quantitative estimate of drug-likeness (QED) is 0.589. The molecule has 0 aliphatic heterocycles. The van der Waals surface area contributed by atoms with Gasteiger partial charge in [-0.3, -0.25) is 4.79 Å². The van der Waals surface area contributed by atoms with E-state index in [-0.39, 0.29) is 5.91 Å². The average molecular weight is 373 g/mol. The maximum Gasteiger partial charge on any atom is 0.226 e. The Balaban J connectivity index is 1.55. The fourth-order valence-electron chi connectivity index (χ4n) is 2.28. The third kappa shape index (κ3) is 5.14. The summed E-state index contributed by atoms with van der Waals surface area (Å²) in [6, 6.07) is 9.92. The van der Waals surface area contributed by atoms with Crippen molar-refractivity contribution in [2.75, 3.05) is 11.9 Å². The molecule has 25 heavy (non-hydrogen) atoms. The molecule has 0 saturated heterocycles. The number of hydrogen-bond acceptors (Lipinski definition) is 5. The molecule has 2 heterocycles. The molecule has 0 bridgehead atoms. The van der Waals surface area contributed by atoms with Crippen molar-refractivity contribution in [1.29, 1.82) is 0 Å². The van der Waals surface area contributed by atoms with Crippen molar-refractivity contribution in [2.24, 2.45) is 0 Å². The van der Waals surface area contributed by atoms with Crippen molar-refractivity contribution < 1.29 is 9.53 Å². The van der Waals surface area contributed by atoms with Gasteiger partial charge in [-0.05, 0) is 59.5 Å². The number of aryl methyl sites for hydroxylation is 1. The van der Waals surface area contributed by atoms with E-state index < -0.39 is 0 Å². The van der Waals surface area contributed by atoms with Crippen LogP contribution in [0.3, 0.4) is 0 Å². The fourth-order valence-corrected chi connectivity index (χ4v) is 3.72. The van der Waals surface area contributed by atoms with Crippen molar-refractivity contribution in [3.8, 4) is 17.0 Å². The van der Waals surface area contributed by atoms with Crippen LogP contribution in [0.15, 0.2) is 46.5 Å². The maximum absolute atomic E-state index is 12.0. The molecule has 1 amide bonds. The Bertz CT molecular complexity index is 795. The van der Waals surface area contributed by atoms with Crippen LogP contribution in [0.2, 0.25) is 0 Å². The first-order chi connectivity index (χ1) is 12.2. The van der Waals surface area contributed by atoms with Crippen LogP contribution in [0.1, 0.15) is 25.3 Å². The highest BCUT2D eigenvalue weighted by molar-refractivity contribution is 7.14. The van der Waals surface area contributed by atoms with Crippen LogP contribution in [-0.2, 0) is 11.2 Å². The van der Waals surface area contributed by atoms with Crippen molar-refractivity contribution in [1.82, 2.24) is 4.98 Å². The number of benzene rings is 1. The number of amides is 1. The maximum atomic E-state index is 12.0. The Kier molecular flexibility index (Phi) is 6.19. The lowest BCUT2D eigenvalue weighted by Gasteiger charge is -2.04. The number of hydrogen-bond donors (Lipinski definition) is 1. The monoisotopic (exact) mass is 372 g/mol. The molecule has 3 aromatic rings. The largest absolute Gasteiger partial charge is 0.494 e. The fraction of sp³-hybridized carbons (Fsp3) is 0.263. The summed E-state index contributed by atoms with van der Waals surface area (Å²) in [6.45, 7) is 2.80. The number of thiophene rings is 1. The SMILES string of the molecule is CCCOc1ccc(-c2csc(NC(=O)CCc3ccsc3)n2)cc1. The summed E-state index contributed by atoms with van der Waals surface area (Å²) >= 11 is 3.09. The summed E-state index contributed by atoms with van der Waals surface area (Å²) in [4.78, 5) is 16.5. The molecule has 0 spiro atoms. The van der Waals surface area contributed by atoms with E-state index in [4.69, 9.17) is 4.74 Å². The normalized spacial score (nSPS) is 10.6. The first kappa shape index (κ1) is 17.6. The van der Waals surface area contributed by atoms with E-state index in [0.29, 0.717) is 11.6 Å². The average Bonchev–Trinajstić information content (AvgIpc) is 3.30. The topological polar surface area (TPSA) is 51.2 Å². The summed E-state index contributed by atoms with van der Waals surface area (Å²) in [5, 5.41) is 9.57. The number of thiazole rings is 1. The van der Waals surface area contributed by atoms with Gasteiger partial charge in [0.2, 0.25) is 5.91 Å². The third-order valence-electron chi connectivity index (χ3n) is 3.59. The number of nitrogens with zero attached hydrogens (tertiary/aromatic N) is 1. The second kappa shape index (κ2) is 8.78. The minimum absolute atomic E-state index is 0.00425. The summed E-state index contributed by atoms with van der Waals surface area (Å²) in [5.41, 5.74) is 3.07. The Labute approximate surface area is 155 Å². The van der Waals surface area contributed by atoms with Gasteiger partial charge in [-0.15, -0.1) is 11.3 Å². The van der Waals surface area contributed by atoms with Crippen LogP contribution < -0.4 is 10.1 Å². The van der Waals surface area contributed by atoms with Crippen molar-refractivity contribution in [3.05, 3.63) is 52.0 Å². The molecule has 4 nitrogen and oxygen atoms in total. The zero-order valence-electron chi connectivity index (χ0n) is 14.0. The second-order valence-corrected chi connectivity index (χ2v) is 7.23. The Morgan fingerprint density at radius 2 is 2.04 bits per heavy atom. The summed E-state index contributed by atoms with van der Waals surface area (Å²) in [6.07, 6.45) is 2.21. The molecular weight excluding hydrogens is 352 g/mol. The number of carbonyl (C=O) groups excluding carboxylic acids is 1. The number of carbonyl (C=O) groups is 1. The highest BCUT2D eigenvalue weighted by atomic mass is 32.1. The molecule has 1 aromatic carbocycles.